The molecule has 1 rings (SSSR count). The lowest BCUT2D eigenvalue weighted by atomic mass is 10.3. The molecule has 0 saturated heterocycles. The van der Waals surface area contributed by atoms with E-state index in [1.54, 1.807) is 24.5 Å². The SMILES string of the molecule is CNCCCC(=O)NCCC(=O)Nc1ccncc1. The third kappa shape index (κ3) is 7.15. The van der Waals surface area contributed by atoms with E-state index in [1.807, 2.05) is 7.05 Å². The summed E-state index contributed by atoms with van der Waals surface area (Å²) in [7, 11) is 1.85. The van der Waals surface area contributed by atoms with Gasteiger partial charge >= 0.3 is 0 Å². The Morgan fingerprint density at radius 2 is 1.84 bits per heavy atom. The summed E-state index contributed by atoms with van der Waals surface area (Å²) in [6.45, 7) is 1.17. The van der Waals surface area contributed by atoms with E-state index in [4.69, 9.17) is 0 Å². The van der Waals surface area contributed by atoms with Gasteiger partial charge in [0.15, 0.2) is 0 Å². The number of aromatic nitrogens is 1. The highest BCUT2D eigenvalue weighted by Crippen LogP contribution is 2.03. The van der Waals surface area contributed by atoms with E-state index in [2.05, 4.69) is 20.9 Å². The summed E-state index contributed by atoms with van der Waals surface area (Å²) in [5.41, 5.74) is 0.709. The molecule has 1 aromatic rings. The summed E-state index contributed by atoms with van der Waals surface area (Å²) >= 11 is 0. The Hall–Kier alpha value is -1.95. The van der Waals surface area contributed by atoms with Crippen molar-refractivity contribution in [2.24, 2.45) is 0 Å². The largest absolute Gasteiger partial charge is 0.356 e. The lowest BCUT2D eigenvalue weighted by molar-refractivity contribution is -0.121. The topological polar surface area (TPSA) is 83.1 Å². The molecule has 3 N–H and O–H groups in total. The molecular formula is C13H20N4O2. The average molecular weight is 264 g/mol. The summed E-state index contributed by atoms with van der Waals surface area (Å²) in [6.07, 6.45) is 4.76. The first kappa shape index (κ1) is 15.1. The van der Waals surface area contributed by atoms with Crippen LogP contribution in [0.1, 0.15) is 19.3 Å². The van der Waals surface area contributed by atoms with Gasteiger partial charge in [-0.25, -0.2) is 0 Å². The fourth-order valence-corrected chi connectivity index (χ4v) is 1.49. The maximum Gasteiger partial charge on any atom is 0.226 e. The molecule has 0 spiro atoms. The second kappa shape index (κ2) is 9.04. The van der Waals surface area contributed by atoms with Crippen LogP contribution in [0.5, 0.6) is 0 Å². The van der Waals surface area contributed by atoms with Crippen LogP contribution in [0.2, 0.25) is 0 Å². The Morgan fingerprint density at radius 3 is 2.53 bits per heavy atom. The lowest BCUT2D eigenvalue weighted by Crippen LogP contribution is -2.28. The van der Waals surface area contributed by atoms with Crippen LogP contribution in [0.25, 0.3) is 0 Å². The number of rotatable bonds is 8. The molecule has 0 aromatic carbocycles. The van der Waals surface area contributed by atoms with Crippen molar-refractivity contribution in [2.45, 2.75) is 19.3 Å². The highest BCUT2D eigenvalue weighted by Gasteiger charge is 2.04. The monoisotopic (exact) mass is 264 g/mol. The smallest absolute Gasteiger partial charge is 0.226 e. The van der Waals surface area contributed by atoms with E-state index >= 15 is 0 Å². The normalized spacial score (nSPS) is 9.95. The Labute approximate surface area is 113 Å². The van der Waals surface area contributed by atoms with E-state index in [9.17, 15) is 9.59 Å². The van der Waals surface area contributed by atoms with Crippen LogP contribution in [-0.4, -0.2) is 36.9 Å². The van der Waals surface area contributed by atoms with Gasteiger partial charge in [-0.2, -0.15) is 0 Å². The summed E-state index contributed by atoms with van der Waals surface area (Å²) < 4.78 is 0. The third-order valence-electron chi connectivity index (χ3n) is 2.47. The van der Waals surface area contributed by atoms with Gasteiger partial charge in [0.1, 0.15) is 0 Å². The quantitative estimate of drug-likeness (QED) is 0.598. The molecule has 6 nitrogen and oxygen atoms in total. The number of carbonyl (C=O) groups is 2. The standard InChI is InChI=1S/C13H20N4O2/c1-14-7-2-3-12(18)16-10-6-13(19)17-11-4-8-15-9-5-11/h4-5,8-9,14H,2-3,6-7,10H2,1H3,(H,16,18)(H,15,17,19). The zero-order valence-corrected chi connectivity index (χ0v) is 11.1. The number of nitrogens with one attached hydrogen (secondary N) is 3. The molecule has 0 aliphatic carbocycles. The Morgan fingerprint density at radius 1 is 1.11 bits per heavy atom. The molecule has 0 aliphatic rings. The molecule has 2 amide bonds. The van der Waals surface area contributed by atoms with Gasteiger partial charge in [-0.1, -0.05) is 0 Å². The zero-order chi connectivity index (χ0) is 13.9. The first-order valence-electron chi connectivity index (χ1n) is 6.33. The molecule has 1 aromatic heterocycles. The molecule has 104 valence electrons. The predicted octanol–water partition coefficient (Wildman–Crippen LogP) is 0.526. The minimum Gasteiger partial charge on any atom is -0.356 e. The highest BCUT2D eigenvalue weighted by molar-refractivity contribution is 5.91. The first-order chi connectivity index (χ1) is 9.22. The Kier molecular flexibility index (Phi) is 7.19. The second-order valence-electron chi connectivity index (χ2n) is 4.09. The van der Waals surface area contributed by atoms with Crippen molar-refractivity contribution in [3.8, 4) is 0 Å². The average Bonchev–Trinajstić information content (AvgIpc) is 2.40. The molecule has 19 heavy (non-hydrogen) atoms. The third-order valence-corrected chi connectivity index (χ3v) is 2.47. The number of anilines is 1. The van der Waals surface area contributed by atoms with Crippen molar-refractivity contribution in [1.82, 2.24) is 15.6 Å². The number of hydrogen-bond donors (Lipinski definition) is 3. The van der Waals surface area contributed by atoms with Gasteiger partial charge in [0, 0.05) is 37.5 Å². The summed E-state index contributed by atoms with van der Waals surface area (Å²) in [4.78, 5) is 26.8. The van der Waals surface area contributed by atoms with Gasteiger partial charge in [-0.3, -0.25) is 14.6 Å². The van der Waals surface area contributed by atoms with Crippen LogP contribution in [-0.2, 0) is 9.59 Å². The van der Waals surface area contributed by atoms with Crippen molar-refractivity contribution in [1.29, 1.82) is 0 Å². The van der Waals surface area contributed by atoms with Gasteiger partial charge < -0.3 is 16.0 Å². The molecule has 0 saturated carbocycles. The number of hydrogen-bond acceptors (Lipinski definition) is 4. The molecule has 0 bridgehead atoms. The number of carbonyl (C=O) groups excluding carboxylic acids is 2. The molecule has 0 unspecified atom stereocenters. The van der Waals surface area contributed by atoms with Gasteiger partial charge in [-0.05, 0) is 32.1 Å². The van der Waals surface area contributed by atoms with Crippen LogP contribution < -0.4 is 16.0 Å². The fraction of sp³-hybridized carbons (Fsp3) is 0.462. The molecule has 0 atom stereocenters. The van der Waals surface area contributed by atoms with Crippen LogP contribution in [0.3, 0.4) is 0 Å². The molecule has 1 heterocycles. The number of nitrogens with zero attached hydrogens (tertiary/aromatic N) is 1. The maximum absolute atomic E-state index is 11.6. The molecule has 0 aliphatic heterocycles. The first-order valence-corrected chi connectivity index (χ1v) is 6.33. The Bertz CT molecular complexity index is 395. The van der Waals surface area contributed by atoms with E-state index in [0.717, 1.165) is 13.0 Å². The van der Waals surface area contributed by atoms with Crippen molar-refractivity contribution in [3.05, 3.63) is 24.5 Å². The number of pyridine rings is 1. The molecule has 0 fully saturated rings. The van der Waals surface area contributed by atoms with Crippen LogP contribution in [0.15, 0.2) is 24.5 Å². The highest BCUT2D eigenvalue weighted by atomic mass is 16.2. The van der Waals surface area contributed by atoms with Crippen LogP contribution in [0, 0.1) is 0 Å². The van der Waals surface area contributed by atoms with Crippen molar-refractivity contribution < 1.29 is 9.59 Å². The minimum atomic E-state index is -0.123. The van der Waals surface area contributed by atoms with E-state index < -0.39 is 0 Å². The minimum absolute atomic E-state index is 0.0213. The molecule has 6 heteroatoms. The van der Waals surface area contributed by atoms with Crippen molar-refractivity contribution >= 4 is 17.5 Å². The van der Waals surface area contributed by atoms with Crippen LogP contribution >= 0.6 is 0 Å². The second-order valence-corrected chi connectivity index (χ2v) is 4.09. The van der Waals surface area contributed by atoms with Crippen molar-refractivity contribution in [3.63, 3.8) is 0 Å². The van der Waals surface area contributed by atoms with Gasteiger partial charge in [-0.15, -0.1) is 0 Å². The molecular weight excluding hydrogens is 244 g/mol. The maximum atomic E-state index is 11.6. The lowest BCUT2D eigenvalue weighted by Gasteiger charge is -2.06. The summed E-state index contributed by atoms with van der Waals surface area (Å²) in [5, 5.41) is 8.42. The van der Waals surface area contributed by atoms with Crippen LogP contribution in [0.4, 0.5) is 5.69 Å². The van der Waals surface area contributed by atoms with Gasteiger partial charge in [0.2, 0.25) is 11.8 Å². The summed E-state index contributed by atoms with van der Waals surface area (Å²) in [5.74, 6) is -0.145. The molecule has 0 radical (unpaired) electrons. The summed E-state index contributed by atoms with van der Waals surface area (Å²) in [6, 6.07) is 3.43. The van der Waals surface area contributed by atoms with E-state index in [0.29, 0.717) is 18.7 Å². The fourth-order valence-electron chi connectivity index (χ4n) is 1.49. The van der Waals surface area contributed by atoms with Crippen molar-refractivity contribution in [2.75, 3.05) is 25.5 Å². The predicted molar refractivity (Wildman–Crippen MR) is 73.7 cm³/mol. The number of amides is 2. The van der Waals surface area contributed by atoms with Gasteiger partial charge in [0.05, 0.1) is 0 Å². The van der Waals surface area contributed by atoms with Gasteiger partial charge in [0.25, 0.3) is 0 Å². The van der Waals surface area contributed by atoms with E-state index in [-0.39, 0.29) is 18.2 Å². The Balaban J connectivity index is 2.12. The van der Waals surface area contributed by atoms with E-state index in [1.165, 1.54) is 0 Å². The zero-order valence-electron chi connectivity index (χ0n) is 11.1.